The average molecular weight is 185 g/mol. The summed E-state index contributed by atoms with van der Waals surface area (Å²) >= 11 is 0. The minimum atomic E-state index is 0.00521. The van der Waals surface area contributed by atoms with E-state index in [1.807, 2.05) is 0 Å². The van der Waals surface area contributed by atoms with Gasteiger partial charge in [0.2, 0.25) is 0 Å². The molecule has 0 radical (unpaired) electrons. The Morgan fingerprint density at radius 2 is 1.92 bits per heavy atom. The van der Waals surface area contributed by atoms with Gasteiger partial charge >= 0.3 is 0 Å². The van der Waals surface area contributed by atoms with Crippen LogP contribution in [0.5, 0.6) is 0 Å². The zero-order valence-electron chi connectivity index (χ0n) is 9.61. The van der Waals surface area contributed by atoms with Crippen LogP contribution in [0.15, 0.2) is 0 Å². The molecule has 0 aromatic rings. The molecule has 1 aliphatic rings. The Morgan fingerprint density at radius 3 is 2.15 bits per heavy atom. The van der Waals surface area contributed by atoms with Crippen LogP contribution in [0, 0.1) is 11.3 Å². The van der Waals surface area contributed by atoms with Crippen molar-refractivity contribution in [3.8, 4) is 0 Å². The fraction of sp³-hybridized carbons (Fsp3) is 1.00. The van der Waals surface area contributed by atoms with Crippen molar-refractivity contribution in [1.82, 2.24) is 5.32 Å². The highest BCUT2D eigenvalue weighted by Gasteiger charge is 2.46. The lowest BCUT2D eigenvalue weighted by Gasteiger charge is -2.50. The van der Waals surface area contributed by atoms with E-state index in [0.29, 0.717) is 5.92 Å². The molecule has 0 aliphatic carbocycles. The lowest BCUT2D eigenvalue weighted by atomic mass is 9.69. The zero-order valence-corrected chi connectivity index (χ0v) is 9.61. The second kappa shape index (κ2) is 3.58. The standard InChI is InChI=1S/C11H23NO/c1-9(2)11(10(3,4)5)8-12-6-7-13-11/h9,12H,6-8H2,1-5H3. The number of morpholine rings is 1. The molecule has 0 bridgehead atoms. The van der Waals surface area contributed by atoms with E-state index in [1.165, 1.54) is 0 Å². The van der Waals surface area contributed by atoms with Crippen molar-refractivity contribution in [3.05, 3.63) is 0 Å². The molecule has 0 spiro atoms. The Labute approximate surface area is 82.0 Å². The summed E-state index contributed by atoms with van der Waals surface area (Å²) in [6.07, 6.45) is 0. The Morgan fingerprint density at radius 1 is 1.31 bits per heavy atom. The predicted octanol–water partition coefficient (Wildman–Crippen LogP) is 2.05. The topological polar surface area (TPSA) is 21.3 Å². The van der Waals surface area contributed by atoms with Crippen molar-refractivity contribution in [2.75, 3.05) is 19.7 Å². The summed E-state index contributed by atoms with van der Waals surface area (Å²) in [5.74, 6) is 0.556. The molecular formula is C11H23NO. The zero-order chi connectivity index (χ0) is 10.1. The Balaban J connectivity index is 2.86. The van der Waals surface area contributed by atoms with Crippen LogP contribution < -0.4 is 5.32 Å². The van der Waals surface area contributed by atoms with Crippen LogP contribution in [0.2, 0.25) is 0 Å². The van der Waals surface area contributed by atoms with Crippen molar-refractivity contribution < 1.29 is 4.74 Å². The van der Waals surface area contributed by atoms with Crippen LogP contribution in [-0.2, 0) is 4.74 Å². The maximum atomic E-state index is 6.03. The number of hydrogen-bond acceptors (Lipinski definition) is 2. The first-order valence-electron chi connectivity index (χ1n) is 5.25. The first kappa shape index (κ1) is 11.0. The van der Waals surface area contributed by atoms with Gasteiger partial charge in [-0.05, 0) is 11.3 Å². The summed E-state index contributed by atoms with van der Waals surface area (Å²) in [4.78, 5) is 0. The highest BCUT2D eigenvalue weighted by atomic mass is 16.5. The molecule has 1 heterocycles. The molecule has 1 unspecified atom stereocenters. The normalized spacial score (nSPS) is 30.9. The van der Waals surface area contributed by atoms with Gasteiger partial charge in [-0.15, -0.1) is 0 Å². The van der Waals surface area contributed by atoms with E-state index in [4.69, 9.17) is 4.74 Å². The van der Waals surface area contributed by atoms with Crippen LogP contribution in [0.1, 0.15) is 34.6 Å². The van der Waals surface area contributed by atoms with Gasteiger partial charge in [0, 0.05) is 13.1 Å². The second-order valence-corrected chi connectivity index (χ2v) is 5.32. The van der Waals surface area contributed by atoms with E-state index in [-0.39, 0.29) is 11.0 Å². The molecule has 1 N–H and O–H groups in total. The second-order valence-electron chi connectivity index (χ2n) is 5.32. The molecule has 2 heteroatoms. The molecule has 78 valence electrons. The molecule has 0 amide bonds. The molecule has 13 heavy (non-hydrogen) atoms. The lowest BCUT2D eigenvalue weighted by Crippen LogP contribution is -2.60. The number of ether oxygens (including phenoxy) is 1. The maximum Gasteiger partial charge on any atom is 0.0877 e. The molecule has 0 aromatic carbocycles. The Bertz CT molecular complexity index is 163. The van der Waals surface area contributed by atoms with Crippen molar-refractivity contribution in [3.63, 3.8) is 0 Å². The molecular weight excluding hydrogens is 162 g/mol. The van der Waals surface area contributed by atoms with Gasteiger partial charge in [0.05, 0.1) is 12.2 Å². The largest absolute Gasteiger partial charge is 0.372 e. The van der Waals surface area contributed by atoms with Crippen molar-refractivity contribution >= 4 is 0 Å². The van der Waals surface area contributed by atoms with E-state index < -0.39 is 0 Å². The maximum absolute atomic E-state index is 6.03. The molecule has 1 aliphatic heterocycles. The van der Waals surface area contributed by atoms with Gasteiger partial charge in [-0.2, -0.15) is 0 Å². The van der Waals surface area contributed by atoms with Crippen LogP contribution in [-0.4, -0.2) is 25.3 Å². The average Bonchev–Trinajstić information content (AvgIpc) is 2.03. The third-order valence-corrected chi connectivity index (χ3v) is 3.23. The summed E-state index contributed by atoms with van der Waals surface area (Å²) in [7, 11) is 0. The predicted molar refractivity (Wildman–Crippen MR) is 55.8 cm³/mol. The number of nitrogens with one attached hydrogen (secondary N) is 1. The number of rotatable bonds is 1. The Hall–Kier alpha value is -0.0800. The molecule has 1 atom stereocenters. The monoisotopic (exact) mass is 185 g/mol. The van der Waals surface area contributed by atoms with Gasteiger partial charge in [-0.25, -0.2) is 0 Å². The van der Waals surface area contributed by atoms with Crippen molar-refractivity contribution in [2.45, 2.75) is 40.2 Å². The van der Waals surface area contributed by atoms with E-state index in [0.717, 1.165) is 19.7 Å². The summed E-state index contributed by atoms with van der Waals surface area (Å²) in [6.45, 7) is 14.1. The summed E-state index contributed by atoms with van der Waals surface area (Å²) in [6, 6.07) is 0. The molecule has 0 aromatic heterocycles. The van der Waals surface area contributed by atoms with Crippen molar-refractivity contribution in [2.24, 2.45) is 11.3 Å². The first-order valence-corrected chi connectivity index (χ1v) is 5.25. The summed E-state index contributed by atoms with van der Waals surface area (Å²) in [5.41, 5.74) is 0.208. The van der Waals surface area contributed by atoms with Crippen LogP contribution >= 0.6 is 0 Å². The highest BCUT2D eigenvalue weighted by Crippen LogP contribution is 2.40. The van der Waals surface area contributed by atoms with E-state index in [1.54, 1.807) is 0 Å². The first-order chi connectivity index (χ1) is 5.90. The number of hydrogen-bond donors (Lipinski definition) is 1. The van der Waals surface area contributed by atoms with E-state index in [9.17, 15) is 0 Å². The minimum Gasteiger partial charge on any atom is -0.372 e. The van der Waals surface area contributed by atoms with Crippen LogP contribution in [0.25, 0.3) is 0 Å². The van der Waals surface area contributed by atoms with Gasteiger partial charge in [-0.1, -0.05) is 34.6 Å². The van der Waals surface area contributed by atoms with Crippen molar-refractivity contribution in [1.29, 1.82) is 0 Å². The van der Waals surface area contributed by atoms with Gasteiger partial charge in [0.15, 0.2) is 0 Å². The molecule has 0 saturated carbocycles. The smallest absolute Gasteiger partial charge is 0.0877 e. The highest BCUT2D eigenvalue weighted by molar-refractivity contribution is 4.98. The molecule has 2 nitrogen and oxygen atoms in total. The molecule has 1 rings (SSSR count). The fourth-order valence-electron chi connectivity index (χ4n) is 2.35. The Kier molecular flexibility index (Phi) is 3.03. The lowest BCUT2D eigenvalue weighted by molar-refractivity contribution is -0.160. The van der Waals surface area contributed by atoms with E-state index in [2.05, 4.69) is 39.9 Å². The quantitative estimate of drug-likeness (QED) is 0.675. The molecule has 1 fully saturated rings. The van der Waals surface area contributed by atoms with Gasteiger partial charge in [0.25, 0.3) is 0 Å². The van der Waals surface area contributed by atoms with Gasteiger partial charge < -0.3 is 10.1 Å². The third-order valence-electron chi connectivity index (χ3n) is 3.23. The van der Waals surface area contributed by atoms with Gasteiger partial charge in [-0.3, -0.25) is 0 Å². The third kappa shape index (κ3) is 1.89. The van der Waals surface area contributed by atoms with Crippen LogP contribution in [0.4, 0.5) is 0 Å². The van der Waals surface area contributed by atoms with Gasteiger partial charge in [0.1, 0.15) is 0 Å². The molecule has 1 saturated heterocycles. The fourth-order valence-corrected chi connectivity index (χ4v) is 2.35. The summed E-state index contributed by atoms with van der Waals surface area (Å²) in [5, 5.41) is 3.44. The summed E-state index contributed by atoms with van der Waals surface area (Å²) < 4.78 is 6.03. The van der Waals surface area contributed by atoms with E-state index >= 15 is 0 Å². The minimum absolute atomic E-state index is 0.00521. The SMILES string of the molecule is CC(C)C1(C(C)(C)C)CNCCO1. The van der Waals surface area contributed by atoms with Crippen LogP contribution in [0.3, 0.4) is 0 Å².